The van der Waals surface area contributed by atoms with Crippen LogP contribution in [0.2, 0.25) is 0 Å². The number of aryl methyl sites for hydroxylation is 1. The first kappa shape index (κ1) is 12.9. The average Bonchev–Trinajstić information content (AvgIpc) is 2.97. The van der Waals surface area contributed by atoms with E-state index in [-0.39, 0.29) is 11.7 Å². The van der Waals surface area contributed by atoms with Crippen molar-refractivity contribution in [2.24, 2.45) is 7.05 Å². The van der Waals surface area contributed by atoms with E-state index in [2.05, 4.69) is 15.4 Å². The molecular formula is C11H15N5O3. The Morgan fingerprint density at radius 3 is 3.05 bits per heavy atom. The fraction of sp³-hybridized carbons (Fsp3) is 0.364. The van der Waals surface area contributed by atoms with Crippen molar-refractivity contribution >= 4 is 17.8 Å². The number of esters is 1. The summed E-state index contributed by atoms with van der Waals surface area (Å²) in [4.78, 5) is 15.3. The van der Waals surface area contributed by atoms with E-state index in [0.29, 0.717) is 19.0 Å². The highest BCUT2D eigenvalue weighted by Gasteiger charge is 2.13. The van der Waals surface area contributed by atoms with E-state index < -0.39 is 5.97 Å². The molecule has 8 heteroatoms. The molecule has 2 rings (SSSR count). The van der Waals surface area contributed by atoms with Crippen molar-refractivity contribution in [3.63, 3.8) is 0 Å². The van der Waals surface area contributed by atoms with E-state index in [9.17, 15) is 4.79 Å². The van der Waals surface area contributed by atoms with Gasteiger partial charge >= 0.3 is 5.97 Å². The van der Waals surface area contributed by atoms with E-state index in [0.717, 1.165) is 5.56 Å². The lowest BCUT2D eigenvalue weighted by Crippen LogP contribution is -2.06. The highest BCUT2D eigenvalue weighted by molar-refractivity contribution is 5.87. The Hall–Kier alpha value is -2.51. The Labute approximate surface area is 109 Å². The number of carbonyl (C=O) groups excluding carboxylic acids is 1. The van der Waals surface area contributed by atoms with Gasteiger partial charge in [0.25, 0.3) is 6.01 Å². The predicted octanol–water partition coefficient (Wildman–Crippen LogP) is 0.779. The molecule has 0 saturated carbocycles. The van der Waals surface area contributed by atoms with Crippen LogP contribution < -0.4 is 11.1 Å². The smallest absolute Gasteiger partial charge is 0.360 e. The fourth-order valence-electron chi connectivity index (χ4n) is 1.45. The molecule has 2 aromatic heterocycles. The van der Waals surface area contributed by atoms with Crippen LogP contribution in [-0.4, -0.2) is 27.3 Å². The molecule has 0 spiro atoms. The first-order valence-electron chi connectivity index (χ1n) is 5.74. The van der Waals surface area contributed by atoms with Crippen LogP contribution in [0.5, 0.6) is 0 Å². The van der Waals surface area contributed by atoms with Gasteiger partial charge in [-0.05, 0) is 6.92 Å². The van der Waals surface area contributed by atoms with E-state index in [1.807, 2.05) is 0 Å². The number of nitrogens with one attached hydrogen (secondary N) is 1. The van der Waals surface area contributed by atoms with Gasteiger partial charge in [-0.3, -0.25) is 4.68 Å². The Balaban J connectivity index is 1.97. The summed E-state index contributed by atoms with van der Waals surface area (Å²) in [6, 6.07) is 0.228. The molecule has 0 unspecified atom stereocenters. The minimum atomic E-state index is -0.514. The molecule has 2 heterocycles. The summed E-state index contributed by atoms with van der Waals surface area (Å²) in [6.45, 7) is 2.42. The lowest BCUT2D eigenvalue weighted by Gasteiger charge is -2.01. The third-order valence-corrected chi connectivity index (χ3v) is 2.48. The van der Waals surface area contributed by atoms with Crippen molar-refractivity contribution in [3.05, 3.63) is 23.7 Å². The Morgan fingerprint density at radius 1 is 1.63 bits per heavy atom. The summed E-state index contributed by atoms with van der Waals surface area (Å²) in [6.07, 6.45) is 2.89. The molecule has 0 fully saturated rings. The molecule has 0 aliphatic rings. The molecular weight excluding hydrogens is 250 g/mol. The summed E-state index contributed by atoms with van der Waals surface area (Å²) in [7, 11) is 1.75. The first-order valence-corrected chi connectivity index (χ1v) is 5.74. The van der Waals surface area contributed by atoms with Crippen LogP contribution in [0.3, 0.4) is 0 Å². The van der Waals surface area contributed by atoms with Gasteiger partial charge in [0.05, 0.1) is 12.8 Å². The van der Waals surface area contributed by atoms with Gasteiger partial charge in [0, 0.05) is 19.2 Å². The van der Waals surface area contributed by atoms with Crippen LogP contribution in [0.1, 0.15) is 23.0 Å². The molecule has 2 aromatic rings. The number of hydrogen-bond acceptors (Lipinski definition) is 7. The number of nitrogen functional groups attached to an aromatic ring is 1. The maximum atomic E-state index is 11.4. The second kappa shape index (κ2) is 5.42. The predicted molar refractivity (Wildman–Crippen MR) is 67.4 cm³/mol. The maximum absolute atomic E-state index is 11.4. The van der Waals surface area contributed by atoms with Crippen molar-refractivity contribution in [2.75, 3.05) is 17.7 Å². The number of anilines is 2. The van der Waals surface area contributed by atoms with Crippen molar-refractivity contribution in [1.29, 1.82) is 0 Å². The number of rotatable bonds is 5. The van der Waals surface area contributed by atoms with Gasteiger partial charge in [-0.1, -0.05) is 0 Å². The van der Waals surface area contributed by atoms with E-state index in [1.54, 1.807) is 24.9 Å². The zero-order valence-corrected chi connectivity index (χ0v) is 10.7. The summed E-state index contributed by atoms with van der Waals surface area (Å²) >= 11 is 0. The normalized spacial score (nSPS) is 10.4. The number of aromatic nitrogens is 3. The Morgan fingerprint density at radius 2 is 2.42 bits per heavy atom. The largest absolute Gasteiger partial charge is 0.461 e. The second-order valence-electron chi connectivity index (χ2n) is 3.79. The highest BCUT2D eigenvalue weighted by Crippen LogP contribution is 2.13. The van der Waals surface area contributed by atoms with E-state index >= 15 is 0 Å². The topological polar surface area (TPSA) is 108 Å². The SMILES string of the molecule is CCOC(=O)c1coc(NCc2cnn(C)c2N)n1. The fourth-order valence-corrected chi connectivity index (χ4v) is 1.45. The van der Waals surface area contributed by atoms with Crippen LogP contribution in [-0.2, 0) is 18.3 Å². The highest BCUT2D eigenvalue weighted by atomic mass is 16.5. The summed E-state index contributed by atoms with van der Waals surface area (Å²) in [5.41, 5.74) is 6.74. The number of oxazole rings is 1. The molecule has 19 heavy (non-hydrogen) atoms. The lowest BCUT2D eigenvalue weighted by molar-refractivity contribution is 0.0519. The Bertz CT molecular complexity index is 575. The summed E-state index contributed by atoms with van der Waals surface area (Å²) in [5, 5.41) is 6.93. The molecule has 0 aromatic carbocycles. The number of ether oxygens (including phenoxy) is 1. The van der Waals surface area contributed by atoms with Gasteiger partial charge in [-0.2, -0.15) is 10.1 Å². The van der Waals surface area contributed by atoms with Gasteiger partial charge in [-0.15, -0.1) is 0 Å². The number of hydrogen-bond donors (Lipinski definition) is 2. The molecule has 3 N–H and O–H groups in total. The van der Waals surface area contributed by atoms with Gasteiger partial charge < -0.3 is 20.2 Å². The molecule has 8 nitrogen and oxygen atoms in total. The number of carbonyl (C=O) groups is 1. The average molecular weight is 265 g/mol. The number of nitrogens with zero attached hydrogens (tertiary/aromatic N) is 3. The second-order valence-corrected chi connectivity index (χ2v) is 3.79. The minimum absolute atomic E-state index is 0.128. The molecule has 0 aliphatic heterocycles. The molecule has 0 saturated heterocycles. The molecule has 0 atom stereocenters. The lowest BCUT2D eigenvalue weighted by atomic mass is 10.3. The van der Waals surface area contributed by atoms with Gasteiger partial charge in [0.1, 0.15) is 12.1 Å². The van der Waals surface area contributed by atoms with Crippen molar-refractivity contribution in [2.45, 2.75) is 13.5 Å². The van der Waals surface area contributed by atoms with Crippen LogP contribution in [0, 0.1) is 0 Å². The Kier molecular flexibility index (Phi) is 3.69. The third-order valence-electron chi connectivity index (χ3n) is 2.48. The maximum Gasteiger partial charge on any atom is 0.360 e. The van der Waals surface area contributed by atoms with Gasteiger partial charge in [-0.25, -0.2) is 4.79 Å². The summed E-state index contributed by atoms with van der Waals surface area (Å²) in [5.74, 6) is 0.0462. The molecule has 0 bridgehead atoms. The monoisotopic (exact) mass is 265 g/mol. The van der Waals surface area contributed by atoms with Gasteiger partial charge in [0.2, 0.25) is 0 Å². The third kappa shape index (κ3) is 2.84. The quantitative estimate of drug-likeness (QED) is 0.769. The zero-order valence-electron chi connectivity index (χ0n) is 10.7. The zero-order chi connectivity index (χ0) is 13.8. The van der Waals surface area contributed by atoms with E-state index in [1.165, 1.54) is 6.26 Å². The first-order chi connectivity index (χ1) is 9.11. The van der Waals surface area contributed by atoms with Crippen LogP contribution in [0.15, 0.2) is 16.9 Å². The molecule has 0 radical (unpaired) electrons. The van der Waals surface area contributed by atoms with E-state index in [4.69, 9.17) is 14.9 Å². The van der Waals surface area contributed by atoms with Crippen LogP contribution in [0.25, 0.3) is 0 Å². The number of nitrogens with two attached hydrogens (primary N) is 1. The molecule has 0 aliphatic carbocycles. The van der Waals surface area contributed by atoms with Crippen LogP contribution >= 0.6 is 0 Å². The van der Waals surface area contributed by atoms with Crippen molar-refractivity contribution in [1.82, 2.24) is 14.8 Å². The van der Waals surface area contributed by atoms with Crippen molar-refractivity contribution < 1.29 is 13.9 Å². The molecule has 0 amide bonds. The molecule has 102 valence electrons. The van der Waals surface area contributed by atoms with Crippen LogP contribution in [0.4, 0.5) is 11.8 Å². The van der Waals surface area contributed by atoms with Crippen molar-refractivity contribution in [3.8, 4) is 0 Å². The summed E-state index contributed by atoms with van der Waals surface area (Å²) < 4.78 is 11.5. The van der Waals surface area contributed by atoms with Gasteiger partial charge in [0.15, 0.2) is 5.69 Å². The minimum Gasteiger partial charge on any atom is -0.461 e. The standard InChI is InChI=1S/C11H15N5O3/c1-3-18-10(17)8-6-19-11(15-8)13-4-7-5-14-16(2)9(7)12/h5-6H,3-4,12H2,1-2H3,(H,13,15).